The molecule has 1 saturated carbocycles. The van der Waals surface area contributed by atoms with Crippen LogP contribution in [0.15, 0.2) is 12.1 Å². The molecule has 118 valence electrons. The number of hydrogen-bond donors (Lipinski definition) is 0. The molecule has 0 N–H and O–H groups in total. The lowest BCUT2D eigenvalue weighted by Crippen LogP contribution is -2.26. The minimum absolute atomic E-state index is 0.0512. The Morgan fingerprint density at radius 2 is 1.71 bits per heavy atom. The molecule has 1 aliphatic rings. The van der Waals surface area contributed by atoms with Gasteiger partial charge < -0.3 is 4.74 Å². The topological polar surface area (TPSA) is 9.23 Å². The molecule has 1 unspecified atom stereocenters. The first-order valence-electron chi connectivity index (χ1n) is 7.56. The smallest absolute Gasteiger partial charge is 0.134 e. The van der Waals surface area contributed by atoms with Crippen molar-refractivity contribution >= 4 is 15.9 Å². The molecule has 1 atom stereocenters. The number of rotatable bonds is 5. The van der Waals surface area contributed by atoms with E-state index in [1.807, 2.05) is 0 Å². The zero-order valence-electron chi connectivity index (χ0n) is 12.9. The molecule has 1 aromatic rings. The highest BCUT2D eigenvalue weighted by Crippen LogP contribution is 2.56. The number of ether oxygens (including phenoxy) is 1. The summed E-state index contributed by atoms with van der Waals surface area (Å²) >= 11 is 3.63. The molecule has 0 radical (unpaired) electrons. The number of alkyl halides is 1. The highest BCUT2D eigenvalue weighted by molar-refractivity contribution is 9.09. The van der Waals surface area contributed by atoms with Crippen LogP contribution in [0.1, 0.15) is 56.3 Å². The van der Waals surface area contributed by atoms with Gasteiger partial charge in [0.25, 0.3) is 0 Å². The minimum Gasteiger partial charge on any atom is -0.497 e. The van der Waals surface area contributed by atoms with Crippen LogP contribution in [0.5, 0.6) is 5.75 Å². The molecule has 21 heavy (non-hydrogen) atoms. The zero-order valence-corrected chi connectivity index (χ0v) is 14.5. The molecule has 0 heterocycles. The molecule has 1 fully saturated rings. The van der Waals surface area contributed by atoms with Crippen LogP contribution < -0.4 is 4.74 Å². The zero-order chi connectivity index (χ0) is 15.6. The lowest BCUT2D eigenvalue weighted by Gasteiger charge is -2.36. The van der Waals surface area contributed by atoms with Gasteiger partial charge in [-0.15, -0.1) is 0 Å². The average Bonchev–Trinajstić information content (AvgIpc) is 2.86. The standard InChI is InChI=1S/C17H23BrF2O/c1-11(2)10-17(6-4-5-7-17)16(18)15-13(19)8-12(21-3)9-14(15)20/h8-9,11,16H,4-7,10H2,1-3H3. The molecule has 1 aromatic carbocycles. The maximum Gasteiger partial charge on any atom is 0.134 e. The van der Waals surface area contributed by atoms with E-state index in [-0.39, 0.29) is 21.6 Å². The number of benzene rings is 1. The van der Waals surface area contributed by atoms with Gasteiger partial charge in [0.2, 0.25) is 0 Å². The molecule has 1 nitrogen and oxygen atoms in total. The maximum atomic E-state index is 14.4. The van der Waals surface area contributed by atoms with E-state index < -0.39 is 11.6 Å². The van der Waals surface area contributed by atoms with Crippen molar-refractivity contribution in [2.24, 2.45) is 11.3 Å². The number of hydrogen-bond acceptors (Lipinski definition) is 1. The van der Waals surface area contributed by atoms with Crippen LogP contribution in [0.25, 0.3) is 0 Å². The molecule has 0 bridgehead atoms. The van der Waals surface area contributed by atoms with E-state index >= 15 is 0 Å². The number of halogens is 3. The number of methoxy groups -OCH3 is 1. The summed E-state index contributed by atoms with van der Waals surface area (Å²) in [5, 5.41) is 0. The second-order valence-electron chi connectivity index (χ2n) is 6.53. The third kappa shape index (κ3) is 3.41. The van der Waals surface area contributed by atoms with Gasteiger partial charge in [-0.05, 0) is 30.6 Å². The predicted molar refractivity (Wildman–Crippen MR) is 84.9 cm³/mol. The predicted octanol–water partition coefficient (Wildman–Crippen LogP) is 6.02. The van der Waals surface area contributed by atoms with Crippen molar-refractivity contribution in [1.29, 1.82) is 0 Å². The lowest BCUT2D eigenvalue weighted by atomic mass is 9.74. The molecule has 0 saturated heterocycles. The summed E-state index contributed by atoms with van der Waals surface area (Å²) in [7, 11) is 1.41. The van der Waals surface area contributed by atoms with Crippen LogP contribution in [0.4, 0.5) is 8.78 Å². The molecule has 0 spiro atoms. The van der Waals surface area contributed by atoms with E-state index in [2.05, 4.69) is 29.8 Å². The van der Waals surface area contributed by atoms with Gasteiger partial charge in [0.05, 0.1) is 11.9 Å². The van der Waals surface area contributed by atoms with Crippen molar-refractivity contribution < 1.29 is 13.5 Å². The van der Waals surface area contributed by atoms with Crippen molar-refractivity contribution in [2.75, 3.05) is 7.11 Å². The SMILES string of the molecule is COc1cc(F)c(C(Br)C2(CC(C)C)CCCC2)c(F)c1. The Balaban J connectivity index is 2.39. The third-order valence-electron chi connectivity index (χ3n) is 4.49. The summed E-state index contributed by atoms with van der Waals surface area (Å²) in [5.74, 6) is -0.321. The quantitative estimate of drug-likeness (QED) is 0.583. The maximum absolute atomic E-state index is 14.4. The van der Waals surface area contributed by atoms with E-state index in [9.17, 15) is 8.78 Å². The summed E-state index contributed by atoms with van der Waals surface area (Å²) in [5.41, 5.74) is 0.100. The van der Waals surface area contributed by atoms with E-state index in [4.69, 9.17) is 4.74 Å². The summed E-state index contributed by atoms with van der Waals surface area (Å²) < 4.78 is 33.6. The Labute approximate surface area is 134 Å². The summed E-state index contributed by atoms with van der Waals surface area (Å²) in [6, 6.07) is 2.54. The van der Waals surface area contributed by atoms with Gasteiger partial charge >= 0.3 is 0 Å². The van der Waals surface area contributed by atoms with Gasteiger partial charge in [0.15, 0.2) is 0 Å². The van der Waals surface area contributed by atoms with Gasteiger partial charge in [-0.3, -0.25) is 0 Å². The fraction of sp³-hybridized carbons (Fsp3) is 0.647. The fourth-order valence-corrected chi connectivity index (χ4v) is 4.76. The molecule has 0 aliphatic heterocycles. The minimum atomic E-state index is -0.524. The van der Waals surface area contributed by atoms with E-state index in [1.165, 1.54) is 19.2 Å². The molecular weight excluding hydrogens is 338 g/mol. The van der Waals surface area contributed by atoms with Crippen molar-refractivity contribution in [2.45, 2.75) is 50.8 Å². The molecular formula is C17H23BrF2O. The van der Waals surface area contributed by atoms with Gasteiger partial charge in [0, 0.05) is 17.7 Å². The van der Waals surface area contributed by atoms with E-state index in [0.29, 0.717) is 5.92 Å². The Morgan fingerprint density at radius 1 is 1.19 bits per heavy atom. The first-order chi connectivity index (χ1) is 9.89. The van der Waals surface area contributed by atoms with Crippen LogP contribution in [0.2, 0.25) is 0 Å². The highest BCUT2D eigenvalue weighted by atomic mass is 79.9. The van der Waals surface area contributed by atoms with Crippen LogP contribution in [0.3, 0.4) is 0 Å². The Kier molecular flexibility index (Phi) is 5.29. The summed E-state index contributed by atoms with van der Waals surface area (Å²) in [6.45, 7) is 4.33. The second kappa shape index (κ2) is 6.64. The second-order valence-corrected chi connectivity index (χ2v) is 7.45. The fourth-order valence-electron chi connectivity index (χ4n) is 3.68. The van der Waals surface area contributed by atoms with Crippen LogP contribution >= 0.6 is 15.9 Å². The first-order valence-corrected chi connectivity index (χ1v) is 8.48. The van der Waals surface area contributed by atoms with Gasteiger partial charge in [-0.2, -0.15) is 0 Å². The van der Waals surface area contributed by atoms with Gasteiger partial charge in [-0.1, -0.05) is 42.6 Å². The van der Waals surface area contributed by atoms with Crippen LogP contribution in [-0.4, -0.2) is 7.11 Å². The monoisotopic (exact) mass is 360 g/mol. The van der Waals surface area contributed by atoms with E-state index in [0.717, 1.165) is 32.1 Å². The summed E-state index contributed by atoms with van der Waals surface area (Å²) in [6.07, 6.45) is 5.29. The lowest BCUT2D eigenvalue weighted by molar-refractivity contribution is 0.224. The van der Waals surface area contributed by atoms with Crippen molar-refractivity contribution in [3.8, 4) is 5.75 Å². The first kappa shape index (κ1) is 16.7. The van der Waals surface area contributed by atoms with Crippen molar-refractivity contribution in [3.63, 3.8) is 0 Å². The van der Waals surface area contributed by atoms with Crippen LogP contribution in [0, 0.1) is 23.0 Å². The highest BCUT2D eigenvalue weighted by Gasteiger charge is 2.43. The van der Waals surface area contributed by atoms with E-state index in [1.54, 1.807) is 0 Å². The average molecular weight is 361 g/mol. The Hall–Kier alpha value is -0.640. The molecule has 1 aliphatic carbocycles. The normalized spacial score (nSPS) is 19.0. The Bertz CT molecular complexity index is 473. The van der Waals surface area contributed by atoms with Crippen molar-refractivity contribution in [1.82, 2.24) is 0 Å². The van der Waals surface area contributed by atoms with Crippen molar-refractivity contribution in [3.05, 3.63) is 29.3 Å². The largest absolute Gasteiger partial charge is 0.497 e. The molecule has 2 rings (SSSR count). The molecule has 0 aromatic heterocycles. The molecule has 0 amide bonds. The van der Waals surface area contributed by atoms with Gasteiger partial charge in [0.1, 0.15) is 17.4 Å². The summed E-state index contributed by atoms with van der Waals surface area (Å²) in [4.78, 5) is -0.291. The Morgan fingerprint density at radius 3 is 2.14 bits per heavy atom. The third-order valence-corrected chi connectivity index (χ3v) is 5.92. The molecule has 4 heteroatoms. The van der Waals surface area contributed by atoms with Gasteiger partial charge in [-0.25, -0.2) is 8.78 Å². The van der Waals surface area contributed by atoms with Crippen LogP contribution in [-0.2, 0) is 0 Å².